The molecule has 0 N–H and O–H groups in total. The van der Waals surface area contributed by atoms with Crippen molar-refractivity contribution in [3.05, 3.63) is 18.2 Å². The van der Waals surface area contributed by atoms with E-state index in [2.05, 4.69) is 18.8 Å². The van der Waals surface area contributed by atoms with Gasteiger partial charge in [0.1, 0.15) is 5.69 Å². The van der Waals surface area contributed by atoms with Crippen LogP contribution >= 0.6 is 0 Å². The summed E-state index contributed by atoms with van der Waals surface area (Å²) in [5.74, 6) is -0.0492. The van der Waals surface area contributed by atoms with Gasteiger partial charge in [0.2, 0.25) is 0 Å². The standard InChI is InChI=1S/C15H25N3O3/c1-11(2)18-7-13(16-10-18)14(19)17-6-12(8-20-5)21-15(3,4)9-17/h7,10-12H,6,8-9H2,1-5H3/t12-/m0/s1. The van der Waals surface area contributed by atoms with Crippen LogP contribution in [0.25, 0.3) is 0 Å². The molecule has 0 unspecified atom stereocenters. The summed E-state index contributed by atoms with van der Waals surface area (Å²) in [4.78, 5) is 18.7. The summed E-state index contributed by atoms with van der Waals surface area (Å²) in [5, 5.41) is 0. The van der Waals surface area contributed by atoms with Gasteiger partial charge in [-0.15, -0.1) is 0 Å². The minimum atomic E-state index is -0.377. The summed E-state index contributed by atoms with van der Waals surface area (Å²) < 4.78 is 13.0. The first-order valence-corrected chi connectivity index (χ1v) is 7.32. The van der Waals surface area contributed by atoms with E-state index in [9.17, 15) is 4.79 Å². The molecular weight excluding hydrogens is 270 g/mol. The van der Waals surface area contributed by atoms with Crippen LogP contribution in [-0.4, -0.2) is 58.9 Å². The van der Waals surface area contributed by atoms with Crippen LogP contribution in [0.1, 0.15) is 44.2 Å². The van der Waals surface area contributed by atoms with Crippen molar-refractivity contribution in [2.75, 3.05) is 26.8 Å². The number of ether oxygens (including phenoxy) is 2. The van der Waals surface area contributed by atoms with Gasteiger partial charge in [-0.25, -0.2) is 4.98 Å². The van der Waals surface area contributed by atoms with Gasteiger partial charge in [0.15, 0.2) is 0 Å². The highest BCUT2D eigenvalue weighted by molar-refractivity contribution is 5.92. The second kappa shape index (κ2) is 6.15. The minimum Gasteiger partial charge on any atom is -0.382 e. The fraction of sp³-hybridized carbons (Fsp3) is 0.733. The smallest absolute Gasteiger partial charge is 0.274 e. The number of methoxy groups -OCH3 is 1. The Hall–Kier alpha value is -1.40. The first kappa shape index (κ1) is 16.0. The molecule has 1 amide bonds. The number of rotatable bonds is 4. The third-order valence-electron chi connectivity index (χ3n) is 3.54. The molecule has 0 saturated carbocycles. The third-order valence-corrected chi connectivity index (χ3v) is 3.54. The monoisotopic (exact) mass is 295 g/mol. The maximum Gasteiger partial charge on any atom is 0.274 e. The van der Waals surface area contributed by atoms with Gasteiger partial charge >= 0.3 is 0 Å². The topological polar surface area (TPSA) is 56.6 Å². The van der Waals surface area contributed by atoms with Crippen molar-refractivity contribution in [1.82, 2.24) is 14.5 Å². The van der Waals surface area contributed by atoms with Gasteiger partial charge in [-0.1, -0.05) is 0 Å². The molecule has 1 aromatic heterocycles. The van der Waals surface area contributed by atoms with Crippen molar-refractivity contribution in [2.45, 2.75) is 45.4 Å². The minimum absolute atomic E-state index is 0.0492. The van der Waals surface area contributed by atoms with Crippen molar-refractivity contribution in [3.8, 4) is 0 Å². The number of carbonyl (C=O) groups is 1. The van der Waals surface area contributed by atoms with Crippen LogP contribution in [0, 0.1) is 0 Å². The van der Waals surface area contributed by atoms with Crippen molar-refractivity contribution >= 4 is 5.91 Å². The summed E-state index contributed by atoms with van der Waals surface area (Å²) in [6.45, 7) is 9.66. The molecular formula is C15H25N3O3. The Morgan fingerprint density at radius 3 is 2.86 bits per heavy atom. The average Bonchev–Trinajstić information content (AvgIpc) is 2.86. The summed E-state index contributed by atoms with van der Waals surface area (Å²) in [6, 6.07) is 0.293. The Labute approximate surface area is 126 Å². The van der Waals surface area contributed by atoms with E-state index >= 15 is 0 Å². The van der Waals surface area contributed by atoms with Gasteiger partial charge in [0.05, 0.1) is 24.6 Å². The number of carbonyl (C=O) groups excluding carboxylic acids is 1. The molecule has 2 rings (SSSR count). The molecule has 6 nitrogen and oxygen atoms in total. The molecule has 6 heteroatoms. The van der Waals surface area contributed by atoms with E-state index in [-0.39, 0.29) is 17.6 Å². The second-order valence-electron chi connectivity index (χ2n) is 6.44. The maximum absolute atomic E-state index is 12.6. The molecule has 2 heterocycles. The van der Waals surface area contributed by atoms with Crippen LogP contribution in [0.4, 0.5) is 0 Å². The lowest BCUT2D eigenvalue weighted by molar-refractivity contribution is -0.143. The highest BCUT2D eigenvalue weighted by Crippen LogP contribution is 2.22. The van der Waals surface area contributed by atoms with E-state index in [4.69, 9.17) is 9.47 Å². The van der Waals surface area contributed by atoms with Crippen LogP contribution in [0.2, 0.25) is 0 Å². The number of aromatic nitrogens is 2. The average molecular weight is 295 g/mol. The van der Waals surface area contributed by atoms with Crippen LogP contribution < -0.4 is 0 Å². The van der Waals surface area contributed by atoms with Gasteiger partial charge in [-0.2, -0.15) is 0 Å². The van der Waals surface area contributed by atoms with Gasteiger partial charge in [0.25, 0.3) is 5.91 Å². The van der Waals surface area contributed by atoms with Crippen molar-refractivity contribution in [1.29, 1.82) is 0 Å². The van der Waals surface area contributed by atoms with Gasteiger partial charge in [-0.05, 0) is 27.7 Å². The summed E-state index contributed by atoms with van der Waals surface area (Å²) in [7, 11) is 1.64. The molecule has 0 aromatic carbocycles. The lowest BCUT2D eigenvalue weighted by Gasteiger charge is -2.42. The zero-order chi connectivity index (χ0) is 15.6. The predicted molar refractivity (Wildman–Crippen MR) is 79.3 cm³/mol. The van der Waals surface area contributed by atoms with E-state index in [0.717, 1.165) is 0 Å². The number of imidazole rings is 1. The van der Waals surface area contributed by atoms with E-state index in [0.29, 0.717) is 31.4 Å². The largest absolute Gasteiger partial charge is 0.382 e. The SMILES string of the molecule is COC[C@@H]1CN(C(=O)c2cn(C(C)C)cn2)CC(C)(C)O1. The fourth-order valence-electron chi connectivity index (χ4n) is 2.61. The molecule has 0 bridgehead atoms. The highest BCUT2D eigenvalue weighted by atomic mass is 16.5. The molecule has 1 aliphatic heterocycles. The molecule has 1 fully saturated rings. The molecule has 0 aliphatic carbocycles. The first-order valence-electron chi connectivity index (χ1n) is 7.32. The van der Waals surface area contributed by atoms with Crippen molar-refractivity contribution < 1.29 is 14.3 Å². The molecule has 0 spiro atoms. The predicted octanol–water partition coefficient (Wildman–Crippen LogP) is 1.73. The molecule has 1 atom stereocenters. The quantitative estimate of drug-likeness (QED) is 0.849. The zero-order valence-electron chi connectivity index (χ0n) is 13.5. The van der Waals surface area contributed by atoms with Crippen LogP contribution in [-0.2, 0) is 9.47 Å². The molecule has 1 aromatic rings. The Morgan fingerprint density at radius 1 is 1.57 bits per heavy atom. The Balaban J connectivity index is 2.12. The maximum atomic E-state index is 12.6. The summed E-state index contributed by atoms with van der Waals surface area (Å²) in [5.41, 5.74) is 0.107. The molecule has 21 heavy (non-hydrogen) atoms. The van der Waals surface area contributed by atoms with Gasteiger partial charge < -0.3 is 18.9 Å². The van der Waals surface area contributed by atoms with Crippen LogP contribution in [0.3, 0.4) is 0 Å². The Bertz CT molecular complexity index is 496. The Kier molecular flexibility index (Phi) is 4.68. The zero-order valence-corrected chi connectivity index (χ0v) is 13.5. The summed E-state index contributed by atoms with van der Waals surface area (Å²) in [6.07, 6.45) is 3.41. The fourth-order valence-corrected chi connectivity index (χ4v) is 2.61. The number of amides is 1. The van der Waals surface area contributed by atoms with Crippen molar-refractivity contribution in [3.63, 3.8) is 0 Å². The first-order chi connectivity index (χ1) is 9.82. The molecule has 0 radical (unpaired) electrons. The molecule has 118 valence electrons. The van der Waals surface area contributed by atoms with Crippen molar-refractivity contribution in [2.24, 2.45) is 0 Å². The number of hydrogen-bond donors (Lipinski definition) is 0. The van der Waals surface area contributed by atoms with Gasteiger partial charge in [0, 0.05) is 32.4 Å². The molecule has 1 saturated heterocycles. The normalized spacial score (nSPS) is 21.8. The Morgan fingerprint density at radius 2 is 2.29 bits per heavy atom. The highest BCUT2D eigenvalue weighted by Gasteiger charge is 2.36. The number of morpholine rings is 1. The number of hydrogen-bond acceptors (Lipinski definition) is 4. The second-order valence-corrected chi connectivity index (χ2v) is 6.44. The van der Waals surface area contributed by atoms with Gasteiger partial charge in [-0.3, -0.25) is 4.79 Å². The molecule has 1 aliphatic rings. The van der Waals surface area contributed by atoms with E-state index in [1.807, 2.05) is 18.4 Å². The lowest BCUT2D eigenvalue weighted by atomic mass is 10.0. The third kappa shape index (κ3) is 3.83. The summed E-state index contributed by atoms with van der Waals surface area (Å²) >= 11 is 0. The van der Waals surface area contributed by atoms with E-state index < -0.39 is 0 Å². The van der Waals surface area contributed by atoms with Crippen LogP contribution in [0.5, 0.6) is 0 Å². The lowest BCUT2D eigenvalue weighted by Crippen LogP contribution is -2.55. The van der Waals surface area contributed by atoms with E-state index in [1.165, 1.54) is 0 Å². The van der Waals surface area contributed by atoms with Crippen LogP contribution in [0.15, 0.2) is 12.5 Å². The number of nitrogens with zero attached hydrogens (tertiary/aromatic N) is 3. The van der Waals surface area contributed by atoms with E-state index in [1.54, 1.807) is 24.5 Å².